The van der Waals surface area contributed by atoms with E-state index in [1.807, 2.05) is 37.1 Å². The normalized spacial score (nSPS) is 18.3. The van der Waals surface area contributed by atoms with Crippen molar-refractivity contribution in [1.82, 2.24) is 4.90 Å². The number of amides is 1. The maximum atomic E-state index is 12.6. The first-order chi connectivity index (χ1) is 9.68. The lowest BCUT2D eigenvalue weighted by molar-refractivity contribution is -0.131. The lowest BCUT2D eigenvalue weighted by Gasteiger charge is -2.29. The Bertz CT molecular complexity index is 412. The minimum Gasteiger partial charge on any atom is -0.342 e. The predicted octanol–water partition coefficient (Wildman–Crippen LogP) is 4.35. The molecule has 1 fully saturated rings. The molecular formula is C17H25NOS. The highest BCUT2D eigenvalue weighted by atomic mass is 32.2. The van der Waals surface area contributed by atoms with E-state index in [0.29, 0.717) is 6.04 Å². The Morgan fingerprint density at radius 3 is 2.35 bits per heavy atom. The highest BCUT2D eigenvalue weighted by Gasteiger charge is 2.25. The van der Waals surface area contributed by atoms with E-state index in [1.54, 1.807) is 11.8 Å². The van der Waals surface area contributed by atoms with Crippen molar-refractivity contribution in [2.75, 3.05) is 7.05 Å². The zero-order valence-electron chi connectivity index (χ0n) is 12.5. The summed E-state index contributed by atoms with van der Waals surface area (Å²) in [4.78, 5) is 15.7. The molecule has 1 amide bonds. The molecule has 0 bridgehead atoms. The van der Waals surface area contributed by atoms with Gasteiger partial charge in [-0.25, -0.2) is 0 Å². The lowest BCUT2D eigenvalue weighted by atomic mass is 10.1. The molecule has 1 unspecified atom stereocenters. The van der Waals surface area contributed by atoms with Gasteiger partial charge in [-0.15, -0.1) is 11.8 Å². The molecule has 1 aromatic carbocycles. The van der Waals surface area contributed by atoms with Gasteiger partial charge in [0.1, 0.15) is 0 Å². The SMILES string of the molecule is CC(Sc1ccccc1)C(=O)N(C)C1CCCCCC1. The van der Waals surface area contributed by atoms with Gasteiger partial charge in [0.15, 0.2) is 0 Å². The zero-order chi connectivity index (χ0) is 14.4. The third-order valence-electron chi connectivity index (χ3n) is 4.12. The molecule has 1 aliphatic carbocycles. The van der Waals surface area contributed by atoms with Gasteiger partial charge in [0.05, 0.1) is 5.25 Å². The lowest BCUT2D eigenvalue weighted by Crippen LogP contribution is -2.40. The van der Waals surface area contributed by atoms with Gasteiger partial charge in [0, 0.05) is 18.0 Å². The molecule has 2 nitrogen and oxygen atoms in total. The van der Waals surface area contributed by atoms with Gasteiger partial charge < -0.3 is 4.90 Å². The van der Waals surface area contributed by atoms with Crippen LogP contribution in [0.4, 0.5) is 0 Å². The fourth-order valence-corrected chi connectivity index (χ4v) is 3.86. The molecule has 1 aliphatic rings. The maximum absolute atomic E-state index is 12.6. The van der Waals surface area contributed by atoms with E-state index in [1.165, 1.54) is 43.4 Å². The van der Waals surface area contributed by atoms with Gasteiger partial charge in [0.25, 0.3) is 0 Å². The Labute approximate surface area is 126 Å². The molecular weight excluding hydrogens is 266 g/mol. The molecule has 0 saturated heterocycles. The van der Waals surface area contributed by atoms with Gasteiger partial charge >= 0.3 is 0 Å². The second-order valence-electron chi connectivity index (χ2n) is 5.67. The van der Waals surface area contributed by atoms with Crippen molar-refractivity contribution < 1.29 is 4.79 Å². The first-order valence-electron chi connectivity index (χ1n) is 7.67. The van der Waals surface area contributed by atoms with Gasteiger partial charge in [-0.1, -0.05) is 43.9 Å². The van der Waals surface area contributed by atoms with Gasteiger partial charge in [0.2, 0.25) is 5.91 Å². The summed E-state index contributed by atoms with van der Waals surface area (Å²) in [5, 5.41) is -0.00865. The molecule has 20 heavy (non-hydrogen) atoms. The number of benzene rings is 1. The fraction of sp³-hybridized carbons (Fsp3) is 0.588. The van der Waals surface area contributed by atoms with Crippen molar-refractivity contribution in [1.29, 1.82) is 0 Å². The van der Waals surface area contributed by atoms with Gasteiger partial charge in [-0.05, 0) is 31.9 Å². The molecule has 0 radical (unpaired) electrons. The van der Waals surface area contributed by atoms with Crippen LogP contribution in [0, 0.1) is 0 Å². The van der Waals surface area contributed by atoms with Crippen LogP contribution >= 0.6 is 11.8 Å². The number of carbonyl (C=O) groups is 1. The minimum atomic E-state index is -0.00865. The molecule has 1 saturated carbocycles. The van der Waals surface area contributed by atoms with E-state index in [2.05, 4.69) is 12.1 Å². The number of hydrogen-bond acceptors (Lipinski definition) is 2. The highest BCUT2D eigenvalue weighted by Crippen LogP contribution is 2.26. The van der Waals surface area contributed by atoms with Crippen LogP contribution in [0.3, 0.4) is 0 Å². The zero-order valence-corrected chi connectivity index (χ0v) is 13.4. The molecule has 0 aromatic heterocycles. The van der Waals surface area contributed by atoms with E-state index < -0.39 is 0 Å². The van der Waals surface area contributed by atoms with E-state index in [0.717, 1.165) is 0 Å². The summed E-state index contributed by atoms with van der Waals surface area (Å²) in [7, 11) is 1.99. The summed E-state index contributed by atoms with van der Waals surface area (Å²) in [6, 6.07) is 10.6. The fourth-order valence-electron chi connectivity index (χ4n) is 2.87. The van der Waals surface area contributed by atoms with Crippen LogP contribution in [0.5, 0.6) is 0 Å². The Kier molecular flexibility index (Phi) is 5.96. The summed E-state index contributed by atoms with van der Waals surface area (Å²) < 4.78 is 0. The Morgan fingerprint density at radius 1 is 1.15 bits per heavy atom. The quantitative estimate of drug-likeness (QED) is 0.607. The molecule has 0 aliphatic heterocycles. The average molecular weight is 291 g/mol. The Hall–Kier alpha value is -0.960. The summed E-state index contributed by atoms with van der Waals surface area (Å²) in [5.74, 6) is 0.269. The van der Waals surface area contributed by atoms with E-state index in [-0.39, 0.29) is 11.2 Å². The van der Waals surface area contributed by atoms with Crippen LogP contribution in [0.2, 0.25) is 0 Å². The topological polar surface area (TPSA) is 20.3 Å². The molecule has 2 rings (SSSR count). The van der Waals surface area contributed by atoms with Crippen LogP contribution in [-0.2, 0) is 4.79 Å². The van der Waals surface area contributed by atoms with E-state index >= 15 is 0 Å². The van der Waals surface area contributed by atoms with E-state index in [9.17, 15) is 4.79 Å². The summed E-state index contributed by atoms with van der Waals surface area (Å²) in [5.41, 5.74) is 0. The van der Waals surface area contributed by atoms with Crippen molar-refractivity contribution >= 4 is 17.7 Å². The second-order valence-corrected chi connectivity index (χ2v) is 7.08. The summed E-state index contributed by atoms with van der Waals surface area (Å²) >= 11 is 1.66. The standard InChI is InChI=1S/C17H25NOS/c1-14(20-16-12-8-5-9-13-16)17(19)18(2)15-10-6-3-4-7-11-15/h5,8-9,12-15H,3-4,6-7,10-11H2,1-2H3. The number of rotatable bonds is 4. The average Bonchev–Trinajstić information content (AvgIpc) is 2.75. The predicted molar refractivity (Wildman–Crippen MR) is 86.0 cm³/mol. The van der Waals surface area contributed by atoms with Gasteiger partial charge in [-0.2, -0.15) is 0 Å². The Morgan fingerprint density at radius 2 is 1.75 bits per heavy atom. The van der Waals surface area contributed by atoms with Crippen LogP contribution in [0.1, 0.15) is 45.4 Å². The van der Waals surface area contributed by atoms with Gasteiger partial charge in [-0.3, -0.25) is 4.79 Å². The largest absolute Gasteiger partial charge is 0.342 e. The molecule has 0 N–H and O–H groups in total. The third-order valence-corrected chi connectivity index (χ3v) is 5.22. The number of nitrogens with zero attached hydrogens (tertiary/aromatic N) is 1. The van der Waals surface area contributed by atoms with Crippen LogP contribution in [-0.4, -0.2) is 29.1 Å². The molecule has 1 atom stereocenters. The number of hydrogen-bond donors (Lipinski definition) is 0. The minimum absolute atomic E-state index is 0.00865. The molecule has 110 valence electrons. The van der Waals surface area contributed by atoms with Crippen molar-refractivity contribution in [2.45, 2.75) is 61.6 Å². The molecule has 3 heteroatoms. The third kappa shape index (κ3) is 4.27. The second kappa shape index (κ2) is 7.72. The van der Waals surface area contributed by atoms with Crippen molar-refractivity contribution in [2.24, 2.45) is 0 Å². The summed E-state index contributed by atoms with van der Waals surface area (Å²) in [6.07, 6.45) is 7.53. The summed E-state index contributed by atoms with van der Waals surface area (Å²) in [6.45, 7) is 2.02. The smallest absolute Gasteiger partial charge is 0.235 e. The van der Waals surface area contributed by atoms with Crippen molar-refractivity contribution in [3.8, 4) is 0 Å². The monoisotopic (exact) mass is 291 g/mol. The van der Waals surface area contributed by atoms with Crippen molar-refractivity contribution in [3.05, 3.63) is 30.3 Å². The van der Waals surface area contributed by atoms with Crippen LogP contribution in [0.25, 0.3) is 0 Å². The molecule has 1 aromatic rings. The number of carbonyl (C=O) groups excluding carboxylic acids is 1. The van der Waals surface area contributed by atoms with Crippen LogP contribution in [0.15, 0.2) is 35.2 Å². The van der Waals surface area contributed by atoms with Crippen molar-refractivity contribution in [3.63, 3.8) is 0 Å². The highest BCUT2D eigenvalue weighted by molar-refractivity contribution is 8.00. The Balaban J connectivity index is 1.91. The van der Waals surface area contributed by atoms with E-state index in [4.69, 9.17) is 0 Å². The first kappa shape index (κ1) is 15.4. The number of thioether (sulfide) groups is 1. The molecule has 0 spiro atoms. The molecule has 0 heterocycles. The first-order valence-corrected chi connectivity index (χ1v) is 8.55. The van der Waals surface area contributed by atoms with Crippen LogP contribution < -0.4 is 0 Å². The maximum Gasteiger partial charge on any atom is 0.235 e.